The van der Waals surface area contributed by atoms with Crippen LogP contribution in [0.25, 0.3) is 0 Å². The summed E-state index contributed by atoms with van der Waals surface area (Å²) in [5.74, 6) is 0.843. The lowest BCUT2D eigenvalue weighted by molar-refractivity contribution is 0.505. The minimum Gasteiger partial charge on any atom is -0.0836 e. The lowest BCUT2D eigenvalue weighted by Crippen LogP contribution is -2.15. The van der Waals surface area contributed by atoms with Gasteiger partial charge in [0.1, 0.15) is 0 Å². The third kappa shape index (κ3) is 2.99. The van der Waals surface area contributed by atoms with Crippen LogP contribution in [0.4, 0.5) is 0 Å². The van der Waals surface area contributed by atoms with E-state index in [-0.39, 0.29) is 0 Å². The van der Waals surface area contributed by atoms with E-state index in [9.17, 15) is 0 Å². The predicted molar refractivity (Wildman–Crippen MR) is 83.4 cm³/mol. The van der Waals surface area contributed by atoms with E-state index in [0.717, 1.165) is 5.92 Å². The largest absolute Gasteiger partial charge is 0.0836 e. The van der Waals surface area contributed by atoms with Crippen molar-refractivity contribution in [1.29, 1.82) is 0 Å². The van der Waals surface area contributed by atoms with Crippen molar-refractivity contribution in [2.75, 3.05) is 0 Å². The van der Waals surface area contributed by atoms with Crippen LogP contribution in [0.15, 0.2) is 24.3 Å². The Labute approximate surface area is 120 Å². The summed E-state index contributed by atoms with van der Waals surface area (Å²) in [6.45, 7) is 6.91. The van der Waals surface area contributed by atoms with Gasteiger partial charge < -0.3 is 0 Å². The molecule has 0 nitrogen and oxygen atoms in total. The van der Waals surface area contributed by atoms with Crippen LogP contribution in [0, 0.1) is 5.92 Å². The molecule has 18 heavy (non-hydrogen) atoms. The van der Waals surface area contributed by atoms with Gasteiger partial charge in [0, 0.05) is 4.83 Å². The molecular weight excluding hydrogens is 284 g/mol. The number of alkyl halides is 1. The van der Waals surface area contributed by atoms with E-state index in [1.165, 1.54) is 43.2 Å². The van der Waals surface area contributed by atoms with Crippen LogP contribution in [0.2, 0.25) is 0 Å². The summed E-state index contributed by atoms with van der Waals surface area (Å²) < 4.78 is 0. The highest BCUT2D eigenvalue weighted by atomic mass is 79.9. The molecule has 1 aromatic rings. The Hall–Kier alpha value is -0.300. The molecule has 1 aliphatic carbocycles. The topological polar surface area (TPSA) is 0 Å². The average Bonchev–Trinajstić information content (AvgIpc) is 2.92. The first-order chi connectivity index (χ1) is 8.54. The summed E-state index contributed by atoms with van der Waals surface area (Å²) in [6.07, 6.45) is 6.78. The molecule has 1 aliphatic rings. The molecule has 1 saturated carbocycles. The molecule has 0 aromatic heterocycles. The average molecular weight is 309 g/mol. The summed E-state index contributed by atoms with van der Waals surface area (Å²) in [7, 11) is 0. The molecule has 1 heteroatoms. The Morgan fingerprint density at radius 2 is 1.72 bits per heavy atom. The maximum atomic E-state index is 3.90. The number of hydrogen-bond donors (Lipinski definition) is 0. The number of rotatable bonds is 4. The van der Waals surface area contributed by atoms with Gasteiger partial charge in [-0.1, -0.05) is 73.8 Å². The number of benzene rings is 1. The monoisotopic (exact) mass is 308 g/mol. The molecule has 1 fully saturated rings. The molecule has 1 unspecified atom stereocenters. The minimum absolute atomic E-state index is 0.299. The molecule has 0 heterocycles. The van der Waals surface area contributed by atoms with E-state index in [0.29, 0.717) is 10.2 Å². The molecule has 0 bridgehead atoms. The lowest BCUT2D eigenvalue weighted by Gasteiger charge is -2.24. The zero-order chi connectivity index (χ0) is 13.2. The molecule has 0 aliphatic heterocycles. The first-order valence-corrected chi connectivity index (χ1v) is 8.20. The van der Waals surface area contributed by atoms with Crippen molar-refractivity contribution >= 4 is 15.9 Å². The summed E-state index contributed by atoms with van der Waals surface area (Å²) in [6, 6.07) is 9.29. The molecule has 0 spiro atoms. The van der Waals surface area contributed by atoms with E-state index in [4.69, 9.17) is 0 Å². The van der Waals surface area contributed by atoms with Crippen molar-refractivity contribution in [3.05, 3.63) is 35.4 Å². The first-order valence-electron chi connectivity index (χ1n) is 7.29. The van der Waals surface area contributed by atoms with E-state index in [1.807, 2.05) is 0 Å². The Balaban J connectivity index is 2.12. The fraction of sp³-hybridized carbons (Fsp3) is 0.647. The van der Waals surface area contributed by atoms with Gasteiger partial charge in [-0.25, -0.2) is 0 Å². The molecule has 0 radical (unpaired) electrons. The predicted octanol–water partition coefficient (Wildman–Crippen LogP) is 6.00. The highest BCUT2D eigenvalue weighted by molar-refractivity contribution is 9.09. The van der Waals surface area contributed by atoms with Gasteiger partial charge in [-0.3, -0.25) is 0 Å². The quantitative estimate of drug-likeness (QED) is 0.598. The second-order valence-electron chi connectivity index (χ2n) is 6.31. The van der Waals surface area contributed by atoms with Gasteiger partial charge in [-0.15, -0.1) is 0 Å². The highest BCUT2D eigenvalue weighted by Crippen LogP contribution is 2.41. The van der Waals surface area contributed by atoms with Crippen molar-refractivity contribution in [2.45, 2.75) is 63.1 Å². The fourth-order valence-electron chi connectivity index (χ4n) is 2.84. The fourth-order valence-corrected chi connectivity index (χ4v) is 3.68. The van der Waals surface area contributed by atoms with Crippen LogP contribution in [0.1, 0.15) is 68.8 Å². The maximum Gasteiger partial charge on any atom is 0.0423 e. The van der Waals surface area contributed by atoms with Crippen LogP contribution in [0.3, 0.4) is 0 Å². The lowest BCUT2D eigenvalue weighted by atomic mass is 9.81. The third-order valence-electron chi connectivity index (χ3n) is 4.71. The van der Waals surface area contributed by atoms with Crippen molar-refractivity contribution in [3.8, 4) is 0 Å². The smallest absolute Gasteiger partial charge is 0.0423 e. The van der Waals surface area contributed by atoms with Gasteiger partial charge in [0.15, 0.2) is 0 Å². The Morgan fingerprint density at radius 3 is 2.22 bits per heavy atom. The highest BCUT2D eigenvalue weighted by Gasteiger charge is 2.24. The van der Waals surface area contributed by atoms with Crippen LogP contribution in [0.5, 0.6) is 0 Å². The summed E-state index contributed by atoms with van der Waals surface area (Å²) in [4.78, 5) is 0.554. The van der Waals surface area contributed by atoms with Crippen molar-refractivity contribution in [1.82, 2.24) is 0 Å². The van der Waals surface area contributed by atoms with Crippen LogP contribution < -0.4 is 0 Å². The number of hydrogen-bond acceptors (Lipinski definition) is 0. The van der Waals surface area contributed by atoms with Crippen molar-refractivity contribution in [2.24, 2.45) is 5.92 Å². The molecule has 2 rings (SSSR count). The molecule has 1 aromatic carbocycles. The van der Waals surface area contributed by atoms with E-state index >= 15 is 0 Å². The van der Waals surface area contributed by atoms with Gasteiger partial charge in [0.05, 0.1) is 0 Å². The molecule has 0 N–H and O–H groups in total. The van der Waals surface area contributed by atoms with E-state index < -0.39 is 0 Å². The van der Waals surface area contributed by atoms with Gasteiger partial charge in [-0.2, -0.15) is 0 Å². The Morgan fingerprint density at radius 1 is 1.17 bits per heavy atom. The molecular formula is C17H25Br. The second kappa shape index (κ2) is 5.77. The Kier molecular flexibility index (Phi) is 4.53. The third-order valence-corrected chi connectivity index (χ3v) is 5.98. The maximum absolute atomic E-state index is 3.90. The van der Waals surface area contributed by atoms with Crippen LogP contribution in [-0.2, 0) is 5.41 Å². The van der Waals surface area contributed by atoms with E-state index in [2.05, 4.69) is 61.0 Å². The zero-order valence-electron chi connectivity index (χ0n) is 11.9. The van der Waals surface area contributed by atoms with Gasteiger partial charge in [0.2, 0.25) is 0 Å². The second-order valence-corrected chi connectivity index (χ2v) is 7.29. The van der Waals surface area contributed by atoms with E-state index in [1.54, 1.807) is 0 Å². The SMILES string of the molecule is CCC(C)(C)c1ccc(C(Br)C2CCCC2)cc1. The molecule has 100 valence electrons. The molecule has 0 saturated heterocycles. The Bertz CT molecular complexity index is 371. The summed E-state index contributed by atoms with van der Waals surface area (Å²) in [5, 5.41) is 0. The first kappa shape index (κ1) is 14.1. The van der Waals surface area contributed by atoms with Crippen LogP contribution in [-0.4, -0.2) is 0 Å². The van der Waals surface area contributed by atoms with Gasteiger partial charge >= 0.3 is 0 Å². The van der Waals surface area contributed by atoms with Gasteiger partial charge in [0.25, 0.3) is 0 Å². The number of halogens is 1. The summed E-state index contributed by atoms with van der Waals surface area (Å²) >= 11 is 3.90. The van der Waals surface area contributed by atoms with Gasteiger partial charge in [-0.05, 0) is 41.7 Å². The van der Waals surface area contributed by atoms with Crippen molar-refractivity contribution in [3.63, 3.8) is 0 Å². The normalized spacial score (nSPS) is 19.1. The summed E-state index contributed by atoms with van der Waals surface area (Å²) in [5.41, 5.74) is 3.21. The van der Waals surface area contributed by atoms with Crippen molar-refractivity contribution < 1.29 is 0 Å². The molecule has 1 atom stereocenters. The zero-order valence-corrected chi connectivity index (χ0v) is 13.5. The minimum atomic E-state index is 0.299. The molecule has 0 amide bonds. The standard InChI is InChI=1S/C17H25Br/c1-4-17(2,3)15-11-9-14(10-12-15)16(18)13-7-5-6-8-13/h9-13,16H,4-8H2,1-3H3. The van der Waals surface area contributed by atoms with Crippen LogP contribution >= 0.6 is 15.9 Å².